The molecule has 0 radical (unpaired) electrons. The highest BCUT2D eigenvalue weighted by molar-refractivity contribution is 5.46. The molecule has 1 fully saturated rings. The van der Waals surface area contributed by atoms with E-state index in [0.717, 1.165) is 50.5 Å². The molecule has 1 unspecified atom stereocenters. The van der Waals surface area contributed by atoms with Gasteiger partial charge in [0.2, 0.25) is 0 Å². The van der Waals surface area contributed by atoms with Crippen LogP contribution in [0.3, 0.4) is 0 Å². The van der Waals surface area contributed by atoms with E-state index in [2.05, 4.69) is 27.6 Å². The summed E-state index contributed by atoms with van der Waals surface area (Å²) in [6.07, 6.45) is 4.42. The van der Waals surface area contributed by atoms with Crippen molar-refractivity contribution in [2.24, 2.45) is 5.84 Å². The standard InChI is InChI=1S/C12H21N5O/c1-2-4-10-15-11(7-12(16-10)17-13)14-8-9-5-3-6-18-9/h7,9H,2-6,8,13H2,1H3,(H2,14,15,16,17). The Balaban J connectivity index is 1.98. The van der Waals surface area contributed by atoms with Crippen LogP contribution in [0.1, 0.15) is 32.0 Å². The van der Waals surface area contributed by atoms with Crippen LogP contribution in [0.25, 0.3) is 0 Å². The van der Waals surface area contributed by atoms with Crippen LogP contribution in [0.15, 0.2) is 6.07 Å². The van der Waals surface area contributed by atoms with Gasteiger partial charge in [-0.05, 0) is 19.3 Å². The van der Waals surface area contributed by atoms with Gasteiger partial charge in [-0.15, -0.1) is 0 Å². The lowest BCUT2D eigenvalue weighted by atomic mass is 10.2. The lowest BCUT2D eigenvalue weighted by molar-refractivity contribution is 0.120. The van der Waals surface area contributed by atoms with Crippen LogP contribution in [0.4, 0.5) is 11.6 Å². The molecule has 1 aromatic heterocycles. The van der Waals surface area contributed by atoms with Gasteiger partial charge in [-0.25, -0.2) is 15.8 Å². The summed E-state index contributed by atoms with van der Waals surface area (Å²) < 4.78 is 5.56. The Kier molecular flexibility index (Phi) is 4.72. The molecule has 0 amide bonds. The molecule has 1 aliphatic rings. The zero-order valence-electron chi connectivity index (χ0n) is 10.8. The first-order chi connectivity index (χ1) is 8.81. The van der Waals surface area contributed by atoms with Gasteiger partial charge >= 0.3 is 0 Å². The molecule has 1 atom stereocenters. The summed E-state index contributed by atoms with van der Waals surface area (Å²) in [7, 11) is 0. The van der Waals surface area contributed by atoms with Gasteiger partial charge in [0.1, 0.15) is 17.5 Å². The van der Waals surface area contributed by atoms with E-state index < -0.39 is 0 Å². The molecule has 0 spiro atoms. The quantitative estimate of drug-likeness (QED) is 0.522. The summed E-state index contributed by atoms with van der Waals surface area (Å²) in [4.78, 5) is 8.76. The largest absolute Gasteiger partial charge is 0.376 e. The molecule has 18 heavy (non-hydrogen) atoms. The fourth-order valence-electron chi connectivity index (χ4n) is 2.02. The Labute approximate surface area is 107 Å². The van der Waals surface area contributed by atoms with Crippen LogP contribution in [-0.4, -0.2) is 29.2 Å². The average molecular weight is 251 g/mol. The first-order valence-corrected chi connectivity index (χ1v) is 6.52. The number of rotatable bonds is 6. The summed E-state index contributed by atoms with van der Waals surface area (Å²) in [6.45, 7) is 3.75. The van der Waals surface area contributed by atoms with E-state index >= 15 is 0 Å². The molecule has 2 heterocycles. The number of nitrogen functional groups attached to an aromatic ring is 1. The van der Waals surface area contributed by atoms with Crippen LogP contribution < -0.4 is 16.6 Å². The molecule has 0 bridgehead atoms. The van der Waals surface area contributed by atoms with E-state index in [1.165, 1.54) is 0 Å². The Bertz CT molecular complexity index is 379. The summed E-state index contributed by atoms with van der Waals surface area (Å²) in [5.41, 5.74) is 2.57. The fraction of sp³-hybridized carbons (Fsp3) is 0.667. The monoisotopic (exact) mass is 251 g/mol. The Morgan fingerprint density at radius 3 is 2.94 bits per heavy atom. The van der Waals surface area contributed by atoms with Crippen molar-refractivity contribution in [3.05, 3.63) is 11.9 Å². The molecule has 1 saturated heterocycles. The third-order valence-electron chi connectivity index (χ3n) is 2.93. The second kappa shape index (κ2) is 6.51. The van der Waals surface area contributed by atoms with E-state index in [0.29, 0.717) is 11.9 Å². The fourth-order valence-corrected chi connectivity index (χ4v) is 2.02. The highest BCUT2D eigenvalue weighted by Crippen LogP contribution is 2.15. The van der Waals surface area contributed by atoms with Crippen molar-refractivity contribution in [3.8, 4) is 0 Å². The third kappa shape index (κ3) is 3.54. The summed E-state index contributed by atoms with van der Waals surface area (Å²) in [5, 5.41) is 3.29. The van der Waals surface area contributed by atoms with E-state index in [4.69, 9.17) is 10.6 Å². The van der Waals surface area contributed by atoms with E-state index in [9.17, 15) is 0 Å². The van der Waals surface area contributed by atoms with Crippen LogP contribution in [0.2, 0.25) is 0 Å². The Morgan fingerprint density at radius 1 is 1.44 bits per heavy atom. The van der Waals surface area contributed by atoms with Gasteiger partial charge in [0.05, 0.1) is 6.10 Å². The minimum absolute atomic E-state index is 0.295. The number of hydrogen-bond donors (Lipinski definition) is 3. The molecule has 0 saturated carbocycles. The minimum Gasteiger partial charge on any atom is -0.376 e. The maximum Gasteiger partial charge on any atom is 0.145 e. The molecule has 4 N–H and O–H groups in total. The minimum atomic E-state index is 0.295. The second-order valence-corrected chi connectivity index (χ2v) is 4.46. The predicted octanol–water partition coefficient (Wildman–Crippen LogP) is 1.31. The van der Waals surface area contributed by atoms with Gasteiger partial charge in [0.25, 0.3) is 0 Å². The molecule has 100 valence electrons. The Morgan fingerprint density at radius 2 is 2.28 bits per heavy atom. The van der Waals surface area contributed by atoms with Gasteiger partial charge in [-0.2, -0.15) is 0 Å². The van der Waals surface area contributed by atoms with Gasteiger partial charge < -0.3 is 15.5 Å². The maximum atomic E-state index is 5.56. The highest BCUT2D eigenvalue weighted by atomic mass is 16.5. The molecule has 6 heteroatoms. The molecular formula is C12H21N5O. The number of nitrogens with zero attached hydrogens (tertiary/aromatic N) is 2. The van der Waals surface area contributed by atoms with Crippen LogP contribution in [-0.2, 0) is 11.2 Å². The number of nitrogens with one attached hydrogen (secondary N) is 2. The number of hydrazine groups is 1. The highest BCUT2D eigenvalue weighted by Gasteiger charge is 2.15. The zero-order valence-corrected chi connectivity index (χ0v) is 10.8. The molecule has 0 aliphatic carbocycles. The van der Waals surface area contributed by atoms with Crippen LogP contribution in [0, 0.1) is 0 Å². The van der Waals surface area contributed by atoms with Crippen molar-refractivity contribution in [3.63, 3.8) is 0 Å². The number of aromatic nitrogens is 2. The molecule has 6 nitrogen and oxygen atoms in total. The second-order valence-electron chi connectivity index (χ2n) is 4.46. The topological polar surface area (TPSA) is 85.1 Å². The number of nitrogens with two attached hydrogens (primary N) is 1. The summed E-state index contributed by atoms with van der Waals surface area (Å²) >= 11 is 0. The van der Waals surface area contributed by atoms with Gasteiger partial charge in [-0.1, -0.05) is 6.92 Å². The summed E-state index contributed by atoms with van der Waals surface area (Å²) in [6, 6.07) is 1.81. The van der Waals surface area contributed by atoms with E-state index in [1.807, 2.05) is 6.07 Å². The molecule has 1 aliphatic heterocycles. The first-order valence-electron chi connectivity index (χ1n) is 6.52. The molecule has 2 rings (SSSR count). The Hall–Kier alpha value is -1.40. The van der Waals surface area contributed by atoms with Crippen molar-refractivity contribution < 1.29 is 4.74 Å². The predicted molar refractivity (Wildman–Crippen MR) is 71.3 cm³/mol. The van der Waals surface area contributed by atoms with Crippen molar-refractivity contribution in [2.45, 2.75) is 38.7 Å². The number of aryl methyl sites for hydroxylation is 1. The van der Waals surface area contributed by atoms with E-state index in [-0.39, 0.29) is 0 Å². The van der Waals surface area contributed by atoms with Gasteiger partial charge in [-0.3, -0.25) is 0 Å². The zero-order chi connectivity index (χ0) is 12.8. The maximum absolute atomic E-state index is 5.56. The average Bonchev–Trinajstić information content (AvgIpc) is 2.89. The SMILES string of the molecule is CCCc1nc(NN)cc(NCC2CCCO2)n1. The number of hydrogen-bond acceptors (Lipinski definition) is 6. The summed E-state index contributed by atoms with van der Waals surface area (Å²) in [5.74, 6) is 7.66. The number of ether oxygens (including phenoxy) is 1. The van der Waals surface area contributed by atoms with Crippen LogP contribution in [0.5, 0.6) is 0 Å². The van der Waals surface area contributed by atoms with E-state index in [1.54, 1.807) is 0 Å². The normalized spacial score (nSPS) is 18.9. The van der Waals surface area contributed by atoms with Crippen molar-refractivity contribution in [2.75, 3.05) is 23.9 Å². The third-order valence-corrected chi connectivity index (χ3v) is 2.93. The molecule has 1 aromatic rings. The van der Waals surface area contributed by atoms with Gasteiger partial charge in [0.15, 0.2) is 0 Å². The lowest BCUT2D eigenvalue weighted by Gasteiger charge is -2.12. The number of anilines is 2. The van der Waals surface area contributed by atoms with Gasteiger partial charge in [0, 0.05) is 25.6 Å². The lowest BCUT2D eigenvalue weighted by Crippen LogP contribution is -2.20. The van der Waals surface area contributed by atoms with Crippen LogP contribution >= 0.6 is 0 Å². The van der Waals surface area contributed by atoms with Crippen molar-refractivity contribution in [1.29, 1.82) is 0 Å². The molecular weight excluding hydrogens is 230 g/mol. The smallest absolute Gasteiger partial charge is 0.145 e. The first kappa shape index (κ1) is 13.0. The van der Waals surface area contributed by atoms with Crippen molar-refractivity contribution in [1.82, 2.24) is 9.97 Å². The molecule has 0 aromatic carbocycles. The van der Waals surface area contributed by atoms with Crippen molar-refractivity contribution >= 4 is 11.6 Å².